The molecule has 1 heterocycles. The molecule has 5 nitrogen and oxygen atoms in total. The van der Waals surface area contributed by atoms with Crippen LogP contribution in [0.15, 0.2) is 65.8 Å². The lowest BCUT2D eigenvalue weighted by Crippen LogP contribution is -2.26. The average molecular weight is 407 g/mol. The Hall–Kier alpha value is -2.73. The Morgan fingerprint density at radius 3 is 2.17 bits per heavy atom. The normalized spacial score (nSPS) is 10.7. The van der Waals surface area contributed by atoms with Crippen molar-refractivity contribution in [1.82, 2.24) is 20.5 Å². The van der Waals surface area contributed by atoms with E-state index in [1.165, 1.54) is 24.6 Å². The second kappa shape index (κ2) is 11.3. The molecule has 0 atom stereocenters. The first-order chi connectivity index (χ1) is 14.3. The number of nitrogens with zero attached hydrogens (tertiary/aromatic N) is 3. The van der Waals surface area contributed by atoms with Crippen molar-refractivity contribution in [2.75, 3.05) is 12.3 Å². The molecule has 0 saturated heterocycles. The van der Waals surface area contributed by atoms with Crippen molar-refractivity contribution in [3.8, 4) is 22.5 Å². The monoisotopic (exact) mass is 406 g/mol. The van der Waals surface area contributed by atoms with Gasteiger partial charge < -0.3 is 5.32 Å². The standard InChI is InChI=1S/C23H26N4OS/c1-2-3-4-11-16-24-20(28)17-29-23-25-21(18-12-7-5-8-13-18)22(26-27-23)19-14-9-6-10-15-19/h5-10,12-15H,2-4,11,16-17H2,1H3,(H,24,28). The number of carbonyl (C=O) groups is 1. The first-order valence-electron chi connectivity index (χ1n) is 10.0. The molecular weight excluding hydrogens is 380 g/mol. The third kappa shape index (κ3) is 6.39. The minimum Gasteiger partial charge on any atom is -0.355 e. The maximum Gasteiger partial charge on any atom is 0.230 e. The van der Waals surface area contributed by atoms with Crippen molar-refractivity contribution in [2.45, 2.75) is 37.8 Å². The molecule has 0 saturated carbocycles. The van der Waals surface area contributed by atoms with E-state index in [0.717, 1.165) is 41.9 Å². The van der Waals surface area contributed by atoms with E-state index in [1.807, 2.05) is 60.7 Å². The third-order valence-corrected chi connectivity index (χ3v) is 5.28. The van der Waals surface area contributed by atoms with Crippen LogP contribution in [-0.4, -0.2) is 33.4 Å². The highest BCUT2D eigenvalue weighted by atomic mass is 32.2. The van der Waals surface area contributed by atoms with Crippen molar-refractivity contribution < 1.29 is 4.79 Å². The van der Waals surface area contributed by atoms with Gasteiger partial charge in [0.25, 0.3) is 0 Å². The second-order valence-electron chi connectivity index (χ2n) is 6.72. The number of unbranched alkanes of at least 4 members (excludes halogenated alkanes) is 3. The molecular formula is C23H26N4OS. The van der Waals surface area contributed by atoms with Crippen LogP contribution in [0, 0.1) is 0 Å². The Morgan fingerprint density at radius 1 is 0.862 bits per heavy atom. The summed E-state index contributed by atoms with van der Waals surface area (Å²) < 4.78 is 0. The zero-order chi connectivity index (χ0) is 20.3. The fraction of sp³-hybridized carbons (Fsp3) is 0.304. The summed E-state index contributed by atoms with van der Waals surface area (Å²) in [5, 5.41) is 12.2. The van der Waals surface area contributed by atoms with Crippen LogP contribution in [0.2, 0.25) is 0 Å². The number of thioether (sulfide) groups is 1. The van der Waals surface area contributed by atoms with Crippen LogP contribution in [0.25, 0.3) is 22.5 Å². The average Bonchev–Trinajstić information content (AvgIpc) is 2.78. The molecule has 29 heavy (non-hydrogen) atoms. The van der Waals surface area contributed by atoms with E-state index in [0.29, 0.717) is 5.16 Å². The summed E-state index contributed by atoms with van der Waals surface area (Å²) in [6.07, 6.45) is 4.57. The van der Waals surface area contributed by atoms with E-state index in [9.17, 15) is 4.79 Å². The van der Waals surface area contributed by atoms with Gasteiger partial charge in [0.1, 0.15) is 11.4 Å². The van der Waals surface area contributed by atoms with Crippen LogP contribution >= 0.6 is 11.8 Å². The summed E-state index contributed by atoms with van der Waals surface area (Å²) in [6, 6.07) is 19.8. The fourth-order valence-corrected chi connectivity index (χ4v) is 3.54. The minimum absolute atomic E-state index is 0.00324. The van der Waals surface area contributed by atoms with E-state index >= 15 is 0 Å². The van der Waals surface area contributed by atoms with E-state index in [4.69, 9.17) is 4.98 Å². The second-order valence-corrected chi connectivity index (χ2v) is 7.67. The van der Waals surface area contributed by atoms with Gasteiger partial charge in [0.05, 0.1) is 5.75 Å². The number of nitrogens with one attached hydrogen (secondary N) is 1. The van der Waals surface area contributed by atoms with Gasteiger partial charge >= 0.3 is 0 Å². The van der Waals surface area contributed by atoms with Gasteiger partial charge in [-0.25, -0.2) is 4.98 Å². The fourth-order valence-electron chi connectivity index (χ4n) is 2.92. The summed E-state index contributed by atoms with van der Waals surface area (Å²) in [4.78, 5) is 16.8. The zero-order valence-electron chi connectivity index (χ0n) is 16.7. The molecule has 3 rings (SSSR count). The quantitative estimate of drug-likeness (QED) is 0.379. The van der Waals surface area contributed by atoms with Crippen molar-refractivity contribution >= 4 is 17.7 Å². The van der Waals surface area contributed by atoms with E-state index in [-0.39, 0.29) is 11.7 Å². The molecule has 0 aliphatic heterocycles. The molecule has 6 heteroatoms. The summed E-state index contributed by atoms with van der Waals surface area (Å²) in [5.74, 6) is 0.289. The number of amides is 1. The SMILES string of the molecule is CCCCCCNC(=O)CSc1nnc(-c2ccccc2)c(-c2ccccc2)n1. The Labute approximate surface area is 176 Å². The van der Waals surface area contributed by atoms with Crippen LogP contribution in [0.4, 0.5) is 0 Å². The maximum atomic E-state index is 12.1. The maximum absolute atomic E-state index is 12.1. The first kappa shape index (κ1) is 21.0. The number of benzene rings is 2. The number of rotatable bonds is 10. The molecule has 3 aromatic rings. The lowest BCUT2D eigenvalue weighted by molar-refractivity contribution is -0.118. The van der Waals surface area contributed by atoms with Crippen molar-refractivity contribution in [3.63, 3.8) is 0 Å². The smallest absolute Gasteiger partial charge is 0.230 e. The number of aromatic nitrogens is 3. The van der Waals surface area contributed by atoms with Crippen LogP contribution in [-0.2, 0) is 4.79 Å². The lowest BCUT2D eigenvalue weighted by atomic mass is 10.0. The van der Waals surface area contributed by atoms with Crippen molar-refractivity contribution in [2.24, 2.45) is 0 Å². The zero-order valence-corrected chi connectivity index (χ0v) is 17.5. The highest BCUT2D eigenvalue weighted by molar-refractivity contribution is 7.99. The molecule has 0 bridgehead atoms. The Balaban J connectivity index is 1.70. The van der Waals surface area contributed by atoms with Gasteiger partial charge in [0.15, 0.2) is 0 Å². The van der Waals surface area contributed by atoms with E-state index in [2.05, 4.69) is 22.4 Å². The van der Waals surface area contributed by atoms with Crippen LogP contribution in [0.3, 0.4) is 0 Å². The molecule has 0 fully saturated rings. The Morgan fingerprint density at radius 2 is 1.52 bits per heavy atom. The van der Waals surface area contributed by atoms with Crippen molar-refractivity contribution in [3.05, 3.63) is 60.7 Å². The summed E-state index contributed by atoms with van der Waals surface area (Å²) in [6.45, 7) is 2.90. The molecule has 0 unspecified atom stereocenters. The molecule has 1 amide bonds. The summed E-state index contributed by atoms with van der Waals surface area (Å²) >= 11 is 1.31. The molecule has 2 aromatic carbocycles. The Bertz CT molecular complexity index is 903. The van der Waals surface area contributed by atoms with E-state index in [1.54, 1.807) is 0 Å². The van der Waals surface area contributed by atoms with Gasteiger partial charge in [-0.05, 0) is 6.42 Å². The molecule has 0 spiro atoms. The Kier molecular flexibility index (Phi) is 8.19. The molecule has 150 valence electrons. The van der Waals surface area contributed by atoms with Gasteiger partial charge in [0, 0.05) is 17.7 Å². The van der Waals surface area contributed by atoms with Gasteiger partial charge in [0.2, 0.25) is 11.1 Å². The predicted molar refractivity (Wildman–Crippen MR) is 119 cm³/mol. The predicted octanol–water partition coefficient (Wildman–Crippen LogP) is 4.99. The number of carbonyl (C=O) groups excluding carboxylic acids is 1. The number of hydrogen-bond acceptors (Lipinski definition) is 5. The van der Waals surface area contributed by atoms with Gasteiger partial charge in [-0.2, -0.15) is 0 Å². The van der Waals surface area contributed by atoms with Gasteiger partial charge in [-0.1, -0.05) is 98.6 Å². The van der Waals surface area contributed by atoms with Crippen LogP contribution < -0.4 is 5.32 Å². The van der Waals surface area contributed by atoms with Gasteiger partial charge in [-0.15, -0.1) is 10.2 Å². The van der Waals surface area contributed by atoms with Gasteiger partial charge in [-0.3, -0.25) is 4.79 Å². The molecule has 0 radical (unpaired) electrons. The third-order valence-electron chi connectivity index (χ3n) is 4.45. The van der Waals surface area contributed by atoms with E-state index < -0.39 is 0 Å². The topological polar surface area (TPSA) is 67.8 Å². The van der Waals surface area contributed by atoms with Crippen molar-refractivity contribution in [1.29, 1.82) is 0 Å². The van der Waals surface area contributed by atoms with Crippen LogP contribution in [0.5, 0.6) is 0 Å². The number of hydrogen-bond donors (Lipinski definition) is 1. The molecule has 1 aromatic heterocycles. The molecule has 0 aliphatic carbocycles. The summed E-state index contributed by atoms with van der Waals surface area (Å²) in [5.41, 5.74) is 3.45. The summed E-state index contributed by atoms with van der Waals surface area (Å²) in [7, 11) is 0. The highest BCUT2D eigenvalue weighted by Gasteiger charge is 2.14. The molecule has 1 N–H and O–H groups in total. The van der Waals surface area contributed by atoms with Crippen LogP contribution in [0.1, 0.15) is 32.6 Å². The molecule has 0 aliphatic rings. The minimum atomic E-state index is 0.00324. The first-order valence-corrected chi connectivity index (χ1v) is 11.0. The highest BCUT2D eigenvalue weighted by Crippen LogP contribution is 2.29. The lowest BCUT2D eigenvalue weighted by Gasteiger charge is -2.09. The largest absolute Gasteiger partial charge is 0.355 e.